The molecule has 0 N–H and O–H groups in total. The number of aromatic nitrogens is 2. The normalized spacial score (nSPS) is 17.3. The third-order valence-electron chi connectivity index (χ3n) is 4.64. The van der Waals surface area contributed by atoms with Crippen LogP contribution in [0.4, 0.5) is 0 Å². The number of rotatable bonds is 5. The molecule has 0 spiro atoms. The minimum Gasteiger partial charge on any atom is -0.383 e. The average Bonchev–Trinajstić information content (AvgIpc) is 3.14. The van der Waals surface area contributed by atoms with Crippen molar-refractivity contribution in [1.82, 2.24) is 14.5 Å². The molecule has 1 atom stereocenters. The van der Waals surface area contributed by atoms with E-state index in [-0.39, 0.29) is 11.8 Å². The molecule has 2 heterocycles. The number of imidazole rings is 1. The lowest BCUT2D eigenvalue weighted by Gasteiger charge is -2.33. The summed E-state index contributed by atoms with van der Waals surface area (Å²) in [6.45, 7) is 2.73. The maximum atomic E-state index is 12.9. The van der Waals surface area contributed by atoms with Gasteiger partial charge in [0.05, 0.1) is 23.8 Å². The fourth-order valence-electron chi connectivity index (χ4n) is 3.37. The Morgan fingerprint density at radius 3 is 3.08 bits per heavy atom. The summed E-state index contributed by atoms with van der Waals surface area (Å²) < 4.78 is 7.26. The number of hydrogen-bond donors (Lipinski definition) is 0. The van der Waals surface area contributed by atoms with Crippen LogP contribution in [0.3, 0.4) is 0 Å². The highest BCUT2D eigenvalue weighted by Gasteiger charge is 2.28. The van der Waals surface area contributed by atoms with E-state index in [2.05, 4.69) is 15.6 Å². The molecule has 0 aliphatic carbocycles. The second-order valence-corrected chi connectivity index (χ2v) is 6.22. The first-order valence-electron chi connectivity index (χ1n) is 8.53. The molecule has 1 aromatic heterocycles. The highest BCUT2D eigenvalue weighted by molar-refractivity contribution is 5.96. The van der Waals surface area contributed by atoms with E-state index in [0.717, 1.165) is 25.2 Å². The first-order valence-corrected chi connectivity index (χ1v) is 8.53. The number of benzene rings is 1. The Labute approximate surface area is 147 Å². The van der Waals surface area contributed by atoms with Gasteiger partial charge in [0.1, 0.15) is 5.82 Å². The zero-order chi connectivity index (χ0) is 17.6. The Hall–Kier alpha value is -2.65. The third kappa shape index (κ3) is 3.72. The van der Waals surface area contributed by atoms with Gasteiger partial charge in [0.25, 0.3) is 5.91 Å². The molecule has 0 bridgehead atoms. The van der Waals surface area contributed by atoms with Gasteiger partial charge in [0.2, 0.25) is 0 Å². The highest BCUT2D eigenvalue weighted by atomic mass is 16.5. The topological polar surface area (TPSA) is 71.2 Å². The van der Waals surface area contributed by atoms with E-state index in [1.807, 2.05) is 11.1 Å². The Morgan fingerprint density at radius 1 is 1.44 bits per heavy atom. The predicted molar refractivity (Wildman–Crippen MR) is 93.1 cm³/mol. The summed E-state index contributed by atoms with van der Waals surface area (Å²) in [7, 11) is 1.68. The highest BCUT2D eigenvalue weighted by Crippen LogP contribution is 2.27. The van der Waals surface area contributed by atoms with Crippen LogP contribution in [0.1, 0.15) is 40.5 Å². The molecule has 1 aliphatic heterocycles. The standard InChI is InChI=1S/C19H22N4O2/c1-25-12-11-22-10-8-21-18(22)16-6-4-9-23(14-16)19(24)17-7-3-2-5-15(17)13-20/h2-3,5,7-8,10,16H,4,6,9,11-12,14H2,1H3/t16-/m1/s1. The van der Waals surface area contributed by atoms with Gasteiger partial charge in [-0.2, -0.15) is 5.26 Å². The number of ether oxygens (including phenoxy) is 1. The predicted octanol–water partition coefficient (Wildman–Crippen LogP) is 2.42. The van der Waals surface area contributed by atoms with Crippen molar-refractivity contribution in [1.29, 1.82) is 5.26 Å². The van der Waals surface area contributed by atoms with Crippen LogP contribution in [0, 0.1) is 11.3 Å². The monoisotopic (exact) mass is 338 g/mol. The average molecular weight is 338 g/mol. The van der Waals surface area contributed by atoms with Crippen molar-refractivity contribution in [2.75, 3.05) is 26.8 Å². The van der Waals surface area contributed by atoms with Crippen molar-refractivity contribution in [3.05, 3.63) is 53.6 Å². The molecule has 1 aromatic carbocycles. The molecule has 1 saturated heterocycles. The second kappa shape index (κ2) is 7.95. The Balaban J connectivity index is 1.76. The van der Waals surface area contributed by atoms with E-state index < -0.39 is 0 Å². The summed E-state index contributed by atoms with van der Waals surface area (Å²) in [5.41, 5.74) is 0.907. The molecule has 130 valence electrons. The zero-order valence-corrected chi connectivity index (χ0v) is 14.4. The van der Waals surface area contributed by atoms with Crippen molar-refractivity contribution in [2.45, 2.75) is 25.3 Å². The van der Waals surface area contributed by atoms with Gasteiger partial charge in [0.15, 0.2) is 0 Å². The molecule has 0 unspecified atom stereocenters. The maximum Gasteiger partial charge on any atom is 0.255 e. The van der Waals surface area contributed by atoms with Crippen LogP contribution in [-0.2, 0) is 11.3 Å². The van der Waals surface area contributed by atoms with Gasteiger partial charge in [0, 0.05) is 45.1 Å². The smallest absolute Gasteiger partial charge is 0.255 e. The van der Waals surface area contributed by atoms with Gasteiger partial charge in [-0.3, -0.25) is 4.79 Å². The molecule has 1 aliphatic rings. The van der Waals surface area contributed by atoms with Gasteiger partial charge in [-0.05, 0) is 25.0 Å². The number of carbonyl (C=O) groups excluding carboxylic acids is 1. The minimum absolute atomic E-state index is 0.0724. The van der Waals surface area contributed by atoms with Gasteiger partial charge < -0.3 is 14.2 Å². The minimum atomic E-state index is -0.0724. The zero-order valence-electron chi connectivity index (χ0n) is 14.4. The fraction of sp³-hybridized carbons (Fsp3) is 0.421. The molecule has 1 fully saturated rings. The van der Waals surface area contributed by atoms with Crippen molar-refractivity contribution >= 4 is 5.91 Å². The molecule has 6 nitrogen and oxygen atoms in total. The lowest BCUT2D eigenvalue weighted by atomic mass is 9.96. The SMILES string of the molecule is COCCn1ccnc1[C@@H]1CCCN(C(=O)c2ccccc2C#N)C1. The number of carbonyl (C=O) groups is 1. The summed E-state index contributed by atoms with van der Waals surface area (Å²) in [6.07, 6.45) is 5.70. The second-order valence-electron chi connectivity index (χ2n) is 6.22. The van der Waals surface area contributed by atoms with Crippen LogP contribution >= 0.6 is 0 Å². The van der Waals surface area contributed by atoms with Crippen LogP contribution in [0.2, 0.25) is 0 Å². The molecule has 0 radical (unpaired) electrons. The molecule has 6 heteroatoms. The van der Waals surface area contributed by atoms with Crippen molar-refractivity contribution in [2.24, 2.45) is 0 Å². The van der Waals surface area contributed by atoms with Crippen molar-refractivity contribution in [3.8, 4) is 6.07 Å². The van der Waals surface area contributed by atoms with E-state index in [1.54, 1.807) is 37.6 Å². The number of nitriles is 1. The fourth-order valence-corrected chi connectivity index (χ4v) is 3.37. The van der Waals surface area contributed by atoms with Gasteiger partial charge in [-0.1, -0.05) is 12.1 Å². The largest absolute Gasteiger partial charge is 0.383 e. The third-order valence-corrected chi connectivity index (χ3v) is 4.64. The lowest BCUT2D eigenvalue weighted by molar-refractivity contribution is 0.0702. The summed E-state index contributed by atoms with van der Waals surface area (Å²) in [5, 5.41) is 9.24. The van der Waals surface area contributed by atoms with E-state index in [1.165, 1.54) is 0 Å². The van der Waals surface area contributed by atoms with Gasteiger partial charge in [-0.15, -0.1) is 0 Å². The molecule has 0 saturated carbocycles. The first kappa shape index (κ1) is 17.2. The summed E-state index contributed by atoms with van der Waals surface area (Å²) in [5.74, 6) is 1.14. The van der Waals surface area contributed by atoms with Gasteiger partial charge in [-0.25, -0.2) is 4.98 Å². The van der Waals surface area contributed by atoms with E-state index in [0.29, 0.717) is 30.8 Å². The number of piperidine rings is 1. The molecule has 3 rings (SSSR count). The number of likely N-dealkylation sites (tertiary alicyclic amines) is 1. The molecule has 1 amide bonds. The molecule has 2 aromatic rings. The van der Waals surface area contributed by atoms with E-state index in [9.17, 15) is 10.1 Å². The van der Waals surface area contributed by atoms with Crippen LogP contribution in [0.25, 0.3) is 0 Å². The number of methoxy groups -OCH3 is 1. The van der Waals surface area contributed by atoms with Crippen molar-refractivity contribution < 1.29 is 9.53 Å². The van der Waals surface area contributed by atoms with Crippen molar-refractivity contribution in [3.63, 3.8) is 0 Å². The number of hydrogen-bond acceptors (Lipinski definition) is 4. The van der Waals surface area contributed by atoms with E-state index >= 15 is 0 Å². The summed E-state index contributed by atoms with van der Waals surface area (Å²) >= 11 is 0. The molecule has 25 heavy (non-hydrogen) atoms. The van der Waals surface area contributed by atoms with Crippen LogP contribution in [0.5, 0.6) is 0 Å². The summed E-state index contributed by atoms with van der Waals surface area (Å²) in [4.78, 5) is 19.2. The Bertz CT molecular complexity index is 778. The quantitative estimate of drug-likeness (QED) is 0.839. The van der Waals surface area contributed by atoms with Crippen LogP contribution in [-0.4, -0.2) is 47.2 Å². The molecular weight excluding hydrogens is 316 g/mol. The Morgan fingerprint density at radius 2 is 2.28 bits per heavy atom. The van der Waals surface area contributed by atoms with Crippen LogP contribution < -0.4 is 0 Å². The van der Waals surface area contributed by atoms with Gasteiger partial charge >= 0.3 is 0 Å². The molecular formula is C19H22N4O2. The first-order chi connectivity index (χ1) is 12.2. The Kier molecular flexibility index (Phi) is 5.46. The number of nitrogens with zero attached hydrogens (tertiary/aromatic N) is 4. The summed E-state index contributed by atoms with van der Waals surface area (Å²) in [6, 6.07) is 9.10. The van der Waals surface area contributed by atoms with E-state index in [4.69, 9.17) is 4.74 Å². The maximum absolute atomic E-state index is 12.9. The van der Waals surface area contributed by atoms with Crippen LogP contribution in [0.15, 0.2) is 36.7 Å². The lowest BCUT2D eigenvalue weighted by Crippen LogP contribution is -2.40. The number of amides is 1.